The van der Waals surface area contributed by atoms with Crippen molar-refractivity contribution in [1.82, 2.24) is 24.7 Å². The molecule has 2 aliphatic heterocycles. The number of rotatable bonds is 10. The van der Waals surface area contributed by atoms with E-state index in [0.717, 1.165) is 23.9 Å². The lowest BCUT2D eigenvalue weighted by atomic mass is 9.92. The van der Waals surface area contributed by atoms with E-state index in [4.69, 9.17) is 14.5 Å². The van der Waals surface area contributed by atoms with Crippen LogP contribution in [0.3, 0.4) is 0 Å². The second kappa shape index (κ2) is 12.7. The fraction of sp³-hybridized carbons (Fsp3) is 0.667. The molecule has 1 aromatic carbocycles. The Balaban J connectivity index is 1.57. The van der Waals surface area contributed by atoms with Gasteiger partial charge in [0.05, 0.1) is 30.2 Å². The summed E-state index contributed by atoms with van der Waals surface area (Å²) in [4.78, 5) is 36.0. The molecule has 198 valence electrons. The number of morpholine rings is 1. The summed E-state index contributed by atoms with van der Waals surface area (Å²) in [6.07, 6.45) is 2.49. The van der Waals surface area contributed by atoms with Gasteiger partial charge in [-0.3, -0.25) is 9.59 Å². The Kier molecular flexibility index (Phi) is 9.34. The van der Waals surface area contributed by atoms with Gasteiger partial charge in [-0.05, 0) is 37.3 Å². The van der Waals surface area contributed by atoms with Gasteiger partial charge < -0.3 is 29.2 Å². The number of hydrogen-bond acceptors (Lipinski definition) is 6. The summed E-state index contributed by atoms with van der Waals surface area (Å²) in [5, 5.41) is 3.44. The van der Waals surface area contributed by atoms with Crippen LogP contribution in [0.15, 0.2) is 24.3 Å². The van der Waals surface area contributed by atoms with Crippen LogP contribution in [-0.2, 0) is 20.8 Å². The molecule has 0 radical (unpaired) electrons. The van der Waals surface area contributed by atoms with E-state index in [1.807, 2.05) is 34.1 Å². The Bertz CT molecular complexity index is 1020. The number of piperidine rings is 1. The molecule has 0 bridgehead atoms. The quantitative estimate of drug-likeness (QED) is 0.505. The van der Waals surface area contributed by atoms with Gasteiger partial charge in [0.15, 0.2) is 5.82 Å². The third-order valence-corrected chi connectivity index (χ3v) is 7.09. The molecule has 2 amide bonds. The van der Waals surface area contributed by atoms with Crippen molar-refractivity contribution in [3.8, 4) is 0 Å². The Hall–Kier alpha value is -2.49. The summed E-state index contributed by atoms with van der Waals surface area (Å²) in [6, 6.07) is 7.87. The fourth-order valence-electron chi connectivity index (χ4n) is 5.29. The summed E-state index contributed by atoms with van der Waals surface area (Å²) in [5.74, 6) is 0.743. The lowest BCUT2D eigenvalue weighted by Crippen LogP contribution is -2.56. The van der Waals surface area contributed by atoms with E-state index in [1.54, 1.807) is 7.11 Å². The van der Waals surface area contributed by atoms with Gasteiger partial charge in [-0.2, -0.15) is 0 Å². The number of aryl methyl sites for hydroxylation is 1. The normalized spacial score (nSPS) is 20.7. The van der Waals surface area contributed by atoms with Gasteiger partial charge in [0, 0.05) is 59.0 Å². The van der Waals surface area contributed by atoms with E-state index >= 15 is 0 Å². The van der Waals surface area contributed by atoms with E-state index in [9.17, 15) is 9.59 Å². The van der Waals surface area contributed by atoms with Crippen molar-refractivity contribution < 1.29 is 19.1 Å². The van der Waals surface area contributed by atoms with Crippen molar-refractivity contribution >= 4 is 22.8 Å². The second-order valence-corrected chi connectivity index (χ2v) is 10.3. The number of methoxy groups -OCH3 is 1. The number of carbonyl (C=O) groups is 2. The van der Waals surface area contributed by atoms with E-state index in [-0.39, 0.29) is 23.8 Å². The molecule has 1 N–H and O–H groups in total. The second-order valence-electron chi connectivity index (χ2n) is 10.3. The zero-order chi connectivity index (χ0) is 25.5. The molecule has 2 fully saturated rings. The average Bonchev–Trinajstić information content (AvgIpc) is 3.28. The van der Waals surface area contributed by atoms with E-state index in [2.05, 4.69) is 23.7 Å². The summed E-state index contributed by atoms with van der Waals surface area (Å²) in [5.41, 5.74) is 1.81. The predicted molar refractivity (Wildman–Crippen MR) is 139 cm³/mol. The molecule has 0 saturated carbocycles. The molecule has 2 aromatic rings. The molecular formula is C27H41N5O4. The van der Waals surface area contributed by atoms with Crippen LogP contribution in [0.4, 0.5) is 0 Å². The molecule has 1 unspecified atom stereocenters. The number of unbranched alkanes of at least 4 members (excludes halogenated alkanes) is 1. The predicted octanol–water partition coefficient (Wildman–Crippen LogP) is 2.40. The number of fused-ring (bicyclic) bond motifs is 1. The molecule has 2 aliphatic rings. The van der Waals surface area contributed by atoms with Crippen molar-refractivity contribution in [2.45, 2.75) is 45.7 Å². The van der Waals surface area contributed by atoms with Gasteiger partial charge >= 0.3 is 0 Å². The molecule has 0 spiro atoms. The minimum Gasteiger partial charge on any atom is -0.385 e. The van der Waals surface area contributed by atoms with Crippen molar-refractivity contribution in [3.63, 3.8) is 0 Å². The number of aromatic nitrogens is 2. The summed E-state index contributed by atoms with van der Waals surface area (Å²) in [7, 11) is 1.71. The van der Waals surface area contributed by atoms with Crippen molar-refractivity contribution in [2.24, 2.45) is 11.8 Å². The molecule has 9 heteroatoms. The summed E-state index contributed by atoms with van der Waals surface area (Å²) in [6.45, 7) is 10.1. The summed E-state index contributed by atoms with van der Waals surface area (Å²) >= 11 is 0. The Morgan fingerprint density at radius 2 is 1.97 bits per heavy atom. The molecule has 0 aliphatic carbocycles. The Labute approximate surface area is 214 Å². The molecule has 36 heavy (non-hydrogen) atoms. The molecule has 9 nitrogen and oxygen atoms in total. The summed E-state index contributed by atoms with van der Waals surface area (Å²) < 4.78 is 12.7. The third kappa shape index (κ3) is 6.25. The van der Waals surface area contributed by atoms with Gasteiger partial charge in [-0.25, -0.2) is 4.98 Å². The van der Waals surface area contributed by atoms with Crippen LogP contribution in [-0.4, -0.2) is 96.9 Å². The standard InChI is InChI=1S/C27H41N5O4/c1-20(2)19-32(22-16-21(17-28-18-22)26(33)30-11-14-36-15-12-30)27(34)25-29-23-8-4-5-9-24(23)31(25)10-6-7-13-35-3/h4-5,8-9,20-22,28H,6-7,10-19H2,1-3H3/t21-,22?/m1/s1. The first-order valence-corrected chi connectivity index (χ1v) is 13.3. The topological polar surface area (TPSA) is 88.9 Å². The smallest absolute Gasteiger partial charge is 0.290 e. The number of ether oxygens (including phenoxy) is 2. The third-order valence-electron chi connectivity index (χ3n) is 7.09. The lowest BCUT2D eigenvalue weighted by molar-refractivity contribution is -0.140. The van der Waals surface area contributed by atoms with E-state index in [1.165, 1.54) is 0 Å². The Morgan fingerprint density at radius 3 is 2.72 bits per heavy atom. The minimum atomic E-state index is -0.142. The van der Waals surface area contributed by atoms with Crippen LogP contribution in [0.2, 0.25) is 0 Å². The van der Waals surface area contributed by atoms with Crippen LogP contribution in [0, 0.1) is 11.8 Å². The fourth-order valence-corrected chi connectivity index (χ4v) is 5.29. The number of benzene rings is 1. The van der Waals surface area contributed by atoms with Crippen molar-refractivity contribution in [2.75, 3.05) is 59.7 Å². The average molecular weight is 500 g/mol. The molecule has 2 atom stereocenters. The molecular weight excluding hydrogens is 458 g/mol. The van der Waals surface area contributed by atoms with Gasteiger partial charge in [0.25, 0.3) is 5.91 Å². The van der Waals surface area contributed by atoms with Crippen LogP contribution in [0.25, 0.3) is 11.0 Å². The van der Waals surface area contributed by atoms with E-state index in [0.29, 0.717) is 77.3 Å². The SMILES string of the molecule is COCCCCn1c(C(=O)N(CC(C)C)C2CNC[C@H](C(=O)N3CCOCC3)C2)nc2ccccc21. The van der Waals surface area contributed by atoms with E-state index < -0.39 is 0 Å². The van der Waals surface area contributed by atoms with Crippen molar-refractivity contribution in [1.29, 1.82) is 0 Å². The number of nitrogens with one attached hydrogen (secondary N) is 1. The van der Waals surface area contributed by atoms with Crippen LogP contribution in [0.5, 0.6) is 0 Å². The zero-order valence-corrected chi connectivity index (χ0v) is 21.9. The maximum absolute atomic E-state index is 14.1. The highest BCUT2D eigenvalue weighted by atomic mass is 16.5. The maximum atomic E-state index is 14.1. The van der Waals surface area contributed by atoms with Crippen LogP contribution < -0.4 is 5.32 Å². The molecule has 2 saturated heterocycles. The number of para-hydroxylation sites is 2. The highest BCUT2D eigenvalue weighted by Gasteiger charge is 2.36. The number of hydrogen-bond donors (Lipinski definition) is 1. The maximum Gasteiger partial charge on any atom is 0.290 e. The Morgan fingerprint density at radius 1 is 1.19 bits per heavy atom. The van der Waals surface area contributed by atoms with Gasteiger partial charge in [0.2, 0.25) is 5.91 Å². The number of carbonyl (C=O) groups excluding carboxylic acids is 2. The molecule has 3 heterocycles. The van der Waals surface area contributed by atoms with Gasteiger partial charge in [-0.15, -0.1) is 0 Å². The largest absolute Gasteiger partial charge is 0.385 e. The van der Waals surface area contributed by atoms with Crippen molar-refractivity contribution in [3.05, 3.63) is 30.1 Å². The van der Waals surface area contributed by atoms with Crippen LogP contribution >= 0.6 is 0 Å². The van der Waals surface area contributed by atoms with Gasteiger partial charge in [0.1, 0.15) is 0 Å². The molecule has 4 rings (SSSR count). The minimum absolute atomic E-state index is 0.0575. The first-order chi connectivity index (χ1) is 17.5. The monoisotopic (exact) mass is 499 g/mol. The highest BCUT2D eigenvalue weighted by molar-refractivity contribution is 5.95. The number of imidazole rings is 1. The highest BCUT2D eigenvalue weighted by Crippen LogP contribution is 2.24. The first kappa shape index (κ1) is 26.6. The number of amides is 2. The van der Waals surface area contributed by atoms with Gasteiger partial charge in [-0.1, -0.05) is 26.0 Å². The number of nitrogens with zero attached hydrogens (tertiary/aromatic N) is 4. The van der Waals surface area contributed by atoms with Crippen LogP contribution in [0.1, 0.15) is 43.7 Å². The lowest BCUT2D eigenvalue weighted by Gasteiger charge is -2.40. The molecule has 1 aromatic heterocycles. The first-order valence-electron chi connectivity index (χ1n) is 13.3. The zero-order valence-electron chi connectivity index (χ0n) is 21.9.